The smallest absolute Gasteiger partial charge is 0.362 e. The molecule has 0 saturated heterocycles. The lowest BCUT2D eigenvalue weighted by Crippen LogP contribution is -2.32. The zero-order valence-electron chi connectivity index (χ0n) is 6.15. The average molecular weight is 184 g/mol. The molecule has 0 aliphatic carbocycles. The van der Waals surface area contributed by atoms with Crippen molar-refractivity contribution < 1.29 is 10.0 Å². The van der Waals surface area contributed by atoms with Gasteiger partial charge in [0.15, 0.2) is 0 Å². The van der Waals surface area contributed by atoms with Crippen LogP contribution in [0, 0.1) is 10.1 Å². The number of nitro groups is 1. The third-order valence-corrected chi connectivity index (χ3v) is 1.49. The molecule has 1 aromatic rings. The Bertz CT molecular complexity index is 383. The molecule has 0 aromatic carbocycles. The first kappa shape index (κ1) is 7.61. The summed E-state index contributed by atoms with van der Waals surface area (Å²) < 4.78 is 0.963. The van der Waals surface area contributed by atoms with Crippen molar-refractivity contribution in [2.24, 2.45) is 5.10 Å². The topological polar surface area (TPSA) is 118 Å². The van der Waals surface area contributed by atoms with Gasteiger partial charge in [-0.15, -0.1) is 5.43 Å². The predicted octanol–water partition coefficient (Wildman–Crippen LogP) is -1.22. The Morgan fingerprint density at radius 2 is 2.54 bits per heavy atom. The second-order valence-corrected chi connectivity index (χ2v) is 2.24. The number of aliphatic hydroxyl groups is 1. The Morgan fingerprint density at radius 3 is 3.23 bits per heavy atom. The summed E-state index contributed by atoms with van der Waals surface area (Å²) in [6, 6.07) is 0. The number of hydrogen-bond donors (Lipinski definition) is 2. The molecule has 0 fully saturated rings. The summed E-state index contributed by atoms with van der Waals surface area (Å²) in [5.41, 5.74) is 2.28. The molecular weight excluding hydrogens is 180 g/mol. The largest absolute Gasteiger partial charge is 0.415 e. The van der Waals surface area contributed by atoms with Crippen molar-refractivity contribution in [2.45, 2.75) is 6.23 Å². The molecule has 1 aliphatic heterocycles. The van der Waals surface area contributed by atoms with E-state index < -0.39 is 17.0 Å². The van der Waals surface area contributed by atoms with Crippen LogP contribution in [0.4, 0.5) is 5.95 Å². The number of hydrogen-bond acceptors (Lipinski definition) is 7. The van der Waals surface area contributed by atoms with Crippen LogP contribution in [0.2, 0.25) is 0 Å². The molecule has 1 aliphatic rings. The van der Waals surface area contributed by atoms with E-state index in [1.54, 1.807) is 0 Å². The number of fused-ring (bicyclic) bond motifs is 1. The third kappa shape index (κ3) is 1.02. The fourth-order valence-corrected chi connectivity index (χ4v) is 0.919. The fraction of sp³-hybridized carbons (Fsp3) is 0.250. The standard InChI is InChI=1S/C4H4N6O3/c11-3-2(10(12)13)7-8-4-5-1-6-9(3)4/h1,3,11H,(H,5,6,8). The summed E-state index contributed by atoms with van der Waals surface area (Å²) in [6.45, 7) is 0. The normalized spacial score (nSPS) is 20.1. The summed E-state index contributed by atoms with van der Waals surface area (Å²) in [5.74, 6) is -0.448. The predicted molar refractivity (Wildman–Crippen MR) is 39.3 cm³/mol. The lowest BCUT2D eigenvalue weighted by Gasteiger charge is -2.12. The van der Waals surface area contributed by atoms with Crippen molar-refractivity contribution in [2.75, 3.05) is 5.43 Å². The number of aliphatic hydroxyl groups excluding tert-OH is 1. The summed E-state index contributed by atoms with van der Waals surface area (Å²) in [6.07, 6.45) is -0.335. The maximum Gasteiger partial charge on any atom is 0.415 e. The van der Waals surface area contributed by atoms with E-state index in [1.807, 2.05) is 0 Å². The number of nitrogens with one attached hydrogen (secondary N) is 1. The van der Waals surface area contributed by atoms with Gasteiger partial charge in [0.25, 0.3) is 12.2 Å². The van der Waals surface area contributed by atoms with Gasteiger partial charge in [-0.25, -0.2) is 0 Å². The fourth-order valence-electron chi connectivity index (χ4n) is 0.919. The minimum atomic E-state index is -1.49. The number of rotatable bonds is 0. The van der Waals surface area contributed by atoms with Crippen molar-refractivity contribution in [3.8, 4) is 0 Å². The second kappa shape index (κ2) is 2.48. The maximum atomic E-state index is 10.3. The van der Waals surface area contributed by atoms with Gasteiger partial charge in [0.05, 0.1) is 5.10 Å². The van der Waals surface area contributed by atoms with Crippen LogP contribution in [0.15, 0.2) is 11.4 Å². The van der Waals surface area contributed by atoms with Crippen LogP contribution in [0.1, 0.15) is 6.23 Å². The highest BCUT2D eigenvalue weighted by Gasteiger charge is 2.33. The zero-order chi connectivity index (χ0) is 9.42. The number of amidine groups is 1. The van der Waals surface area contributed by atoms with Gasteiger partial charge < -0.3 is 15.2 Å². The number of hydrazone groups is 1. The van der Waals surface area contributed by atoms with Gasteiger partial charge in [0.1, 0.15) is 6.33 Å². The van der Waals surface area contributed by atoms with E-state index in [2.05, 4.69) is 20.6 Å². The number of anilines is 1. The Morgan fingerprint density at radius 1 is 1.77 bits per heavy atom. The molecule has 9 heteroatoms. The van der Waals surface area contributed by atoms with E-state index in [-0.39, 0.29) is 5.95 Å². The van der Waals surface area contributed by atoms with Crippen LogP contribution in [0.3, 0.4) is 0 Å². The van der Waals surface area contributed by atoms with Gasteiger partial charge in [0, 0.05) is 0 Å². The molecule has 0 radical (unpaired) electrons. The molecule has 2 rings (SSSR count). The van der Waals surface area contributed by atoms with Gasteiger partial charge in [-0.05, 0) is 4.92 Å². The van der Waals surface area contributed by atoms with Crippen LogP contribution >= 0.6 is 0 Å². The van der Waals surface area contributed by atoms with E-state index in [0.29, 0.717) is 0 Å². The molecule has 1 unspecified atom stereocenters. The van der Waals surface area contributed by atoms with Crippen molar-refractivity contribution in [3.63, 3.8) is 0 Å². The quantitative estimate of drug-likeness (QED) is 0.385. The van der Waals surface area contributed by atoms with Crippen LogP contribution in [-0.4, -0.2) is 30.6 Å². The molecule has 1 aromatic heterocycles. The highest BCUT2D eigenvalue weighted by molar-refractivity contribution is 5.79. The van der Waals surface area contributed by atoms with Crippen LogP contribution in [0.5, 0.6) is 0 Å². The first-order chi connectivity index (χ1) is 6.20. The first-order valence-electron chi connectivity index (χ1n) is 3.25. The van der Waals surface area contributed by atoms with E-state index >= 15 is 0 Å². The van der Waals surface area contributed by atoms with Crippen LogP contribution in [-0.2, 0) is 0 Å². The highest BCUT2D eigenvalue weighted by atomic mass is 16.6. The molecule has 0 saturated carbocycles. The Balaban J connectivity index is 2.41. The zero-order valence-corrected chi connectivity index (χ0v) is 6.15. The lowest BCUT2D eigenvalue weighted by atomic mass is 10.5. The molecule has 68 valence electrons. The van der Waals surface area contributed by atoms with Crippen LogP contribution < -0.4 is 5.43 Å². The average Bonchev–Trinajstić information content (AvgIpc) is 2.52. The van der Waals surface area contributed by atoms with Gasteiger partial charge in [0.2, 0.25) is 0 Å². The minimum absolute atomic E-state index is 0.165. The molecule has 2 N–H and O–H groups in total. The Kier molecular flexibility index (Phi) is 1.45. The van der Waals surface area contributed by atoms with E-state index in [0.717, 1.165) is 11.0 Å². The monoisotopic (exact) mass is 184 g/mol. The molecule has 2 heterocycles. The van der Waals surface area contributed by atoms with E-state index in [9.17, 15) is 15.2 Å². The summed E-state index contributed by atoms with van der Waals surface area (Å²) in [7, 11) is 0. The maximum absolute atomic E-state index is 10.3. The Labute approximate surface area is 70.8 Å². The number of aromatic nitrogens is 3. The van der Waals surface area contributed by atoms with Crippen molar-refractivity contribution in [3.05, 3.63) is 16.4 Å². The van der Waals surface area contributed by atoms with Crippen LogP contribution in [0.25, 0.3) is 0 Å². The van der Waals surface area contributed by atoms with Gasteiger partial charge in [-0.3, -0.25) is 0 Å². The van der Waals surface area contributed by atoms with Gasteiger partial charge >= 0.3 is 5.84 Å². The summed E-state index contributed by atoms with van der Waals surface area (Å²) in [5, 5.41) is 26.5. The highest BCUT2D eigenvalue weighted by Crippen LogP contribution is 2.15. The third-order valence-electron chi connectivity index (χ3n) is 1.49. The van der Waals surface area contributed by atoms with Crippen molar-refractivity contribution >= 4 is 11.8 Å². The van der Waals surface area contributed by atoms with E-state index in [1.165, 1.54) is 0 Å². The second-order valence-electron chi connectivity index (χ2n) is 2.24. The minimum Gasteiger partial charge on any atom is -0.362 e. The molecule has 0 bridgehead atoms. The molecule has 13 heavy (non-hydrogen) atoms. The molecule has 9 nitrogen and oxygen atoms in total. The molecule has 0 spiro atoms. The molecule has 1 atom stereocenters. The first-order valence-corrected chi connectivity index (χ1v) is 3.25. The number of nitrogens with zero attached hydrogens (tertiary/aromatic N) is 5. The summed E-state index contributed by atoms with van der Waals surface area (Å²) >= 11 is 0. The Hall–Kier alpha value is -2.03. The summed E-state index contributed by atoms with van der Waals surface area (Å²) in [4.78, 5) is 13.2. The molecular formula is C4H4N6O3. The van der Waals surface area contributed by atoms with Gasteiger partial charge in [-0.2, -0.15) is 14.8 Å². The van der Waals surface area contributed by atoms with E-state index in [4.69, 9.17) is 0 Å². The molecule has 0 amide bonds. The lowest BCUT2D eigenvalue weighted by molar-refractivity contribution is -0.362. The van der Waals surface area contributed by atoms with Crippen molar-refractivity contribution in [1.29, 1.82) is 0 Å². The van der Waals surface area contributed by atoms with Crippen molar-refractivity contribution in [1.82, 2.24) is 14.8 Å². The SMILES string of the molecule is O=[N+]([O-])C1=NNc2ncnn2C1O. The van der Waals surface area contributed by atoms with Gasteiger partial charge in [-0.1, -0.05) is 0 Å².